The van der Waals surface area contributed by atoms with Crippen molar-refractivity contribution in [1.82, 2.24) is 10.2 Å². The number of fused-ring (bicyclic) bond motifs is 1. The molecular formula is C31H27F2N3O4. The van der Waals surface area contributed by atoms with Crippen LogP contribution in [0.4, 0.5) is 14.5 Å². The number of carbonyl (C=O) groups excluding carboxylic acids is 3. The Hall–Kier alpha value is -4.37. The van der Waals surface area contributed by atoms with Crippen molar-refractivity contribution in [3.63, 3.8) is 0 Å². The Morgan fingerprint density at radius 2 is 1.77 bits per heavy atom. The number of amides is 3. The molecule has 0 unspecified atom stereocenters. The van der Waals surface area contributed by atoms with Gasteiger partial charge in [-0.25, -0.2) is 8.78 Å². The molecule has 2 bridgehead atoms. The summed E-state index contributed by atoms with van der Waals surface area (Å²) in [7, 11) is 0. The molecule has 3 heterocycles. The molecular weight excluding hydrogens is 516 g/mol. The number of nitrogens with one attached hydrogen (secondary N) is 2. The lowest BCUT2D eigenvalue weighted by molar-refractivity contribution is -0.153. The average Bonchev–Trinajstić information content (AvgIpc) is 3.51. The number of benzene rings is 3. The fourth-order valence-corrected chi connectivity index (χ4v) is 5.91. The lowest BCUT2D eigenvalue weighted by Gasteiger charge is -2.42. The van der Waals surface area contributed by atoms with Crippen LogP contribution >= 0.6 is 0 Å². The molecule has 2 N–H and O–H groups in total. The highest BCUT2D eigenvalue weighted by atomic mass is 19.1. The topological polar surface area (TPSA) is 87.7 Å². The Kier molecular flexibility index (Phi) is 6.46. The Balaban J connectivity index is 1.42. The van der Waals surface area contributed by atoms with Gasteiger partial charge in [-0.2, -0.15) is 0 Å². The van der Waals surface area contributed by atoms with Gasteiger partial charge >= 0.3 is 0 Å². The first-order valence-electron chi connectivity index (χ1n) is 13.1. The van der Waals surface area contributed by atoms with Crippen molar-refractivity contribution in [2.45, 2.75) is 31.2 Å². The van der Waals surface area contributed by atoms with Crippen LogP contribution in [0.3, 0.4) is 0 Å². The highest BCUT2D eigenvalue weighted by Gasteiger charge is 2.64. The molecule has 2 saturated heterocycles. The second kappa shape index (κ2) is 9.98. The Morgan fingerprint density at radius 1 is 1.05 bits per heavy atom. The molecule has 40 heavy (non-hydrogen) atoms. The first-order valence-corrected chi connectivity index (χ1v) is 13.1. The second-order valence-corrected chi connectivity index (χ2v) is 10.5. The van der Waals surface area contributed by atoms with Gasteiger partial charge < -0.3 is 20.3 Å². The number of hydrogen-bond acceptors (Lipinski definition) is 4. The summed E-state index contributed by atoms with van der Waals surface area (Å²) in [6.45, 7) is 1.66. The predicted molar refractivity (Wildman–Crippen MR) is 143 cm³/mol. The molecule has 3 aliphatic rings. The monoisotopic (exact) mass is 543 g/mol. The molecule has 0 saturated carbocycles. The molecule has 0 radical (unpaired) electrons. The van der Waals surface area contributed by atoms with Crippen molar-refractivity contribution >= 4 is 23.4 Å². The fourth-order valence-electron chi connectivity index (χ4n) is 5.91. The molecule has 3 aliphatic heterocycles. The van der Waals surface area contributed by atoms with E-state index < -0.39 is 58.9 Å². The molecule has 3 aromatic carbocycles. The van der Waals surface area contributed by atoms with Gasteiger partial charge in [-0.05, 0) is 42.8 Å². The molecule has 0 aliphatic carbocycles. The molecule has 2 fully saturated rings. The van der Waals surface area contributed by atoms with E-state index in [-0.39, 0.29) is 18.7 Å². The van der Waals surface area contributed by atoms with Crippen LogP contribution in [0.25, 0.3) is 0 Å². The van der Waals surface area contributed by atoms with Crippen molar-refractivity contribution < 1.29 is 27.9 Å². The van der Waals surface area contributed by atoms with E-state index in [1.54, 1.807) is 30.4 Å². The minimum Gasteiger partial charge on any atom is -0.360 e. The van der Waals surface area contributed by atoms with Gasteiger partial charge in [-0.15, -0.1) is 0 Å². The van der Waals surface area contributed by atoms with Crippen molar-refractivity contribution in [1.29, 1.82) is 0 Å². The van der Waals surface area contributed by atoms with E-state index in [1.165, 1.54) is 47.4 Å². The van der Waals surface area contributed by atoms with Crippen LogP contribution in [0.1, 0.15) is 22.7 Å². The number of hydrogen-bond donors (Lipinski definition) is 2. The third-order valence-electron chi connectivity index (χ3n) is 7.92. The van der Waals surface area contributed by atoms with Gasteiger partial charge in [0.1, 0.15) is 23.3 Å². The van der Waals surface area contributed by atoms with Gasteiger partial charge in [0.25, 0.3) is 0 Å². The zero-order chi connectivity index (χ0) is 28.0. The van der Waals surface area contributed by atoms with Gasteiger partial charge in [0.05, 0.1) is 24.5 Å². The molecule has 6 rings (SSSR count). The van der Waals surface area contributed by atoms with Crippen molar-refractivity contribution in [3.8, 4) is 0 Å². The quantitative estimate of drug-likeness (QED) is 0.476. The summed E-state index contributed by atoms with van der Waals surface area (Å²) in [5.74, 6) is -4.37. The number of aryl methyl sites for hydroxylation is 1. The van der Waals surface area contributed by atoms with Crippen LogP contribution < -0.4 is 10.6 Å². The molecule has 9 heteroatoms. The maximum atomic E-state index is 14.8. The van der Waals surface area contributed by atoms with E-state index in [0.29, 0.717) is 11.3 Å². The summed E-state index contributed by atoms with van der Waals surface area (Å²) in [6, 6.07) is 17.4. The van der Waals surface area contributed by atoms with Gasteiger partial charge in [0.15, 0.2) is 0 Å². The summed E-state index contributed by atoms with van der Waals surface area (Å²) in [4.78, 5) is 43.1. The van der Waals surface area contributed by atoms with Gasteiger partial charge in [-0.1, -0.05) is 60.2 Å². The molecule has 3 amide bonds. The summed E-state index contributed by atoms with van der Waals surface area (Å²) >= 11 is 0. The fraction of sp³-hybridized carbons (Fsp3) is 0.258. The lowest BCUT2D eigenvalue weighted by Crippen LogP contribution is -2.59. The van der Waals surface area contributed by atoms with Crippen LogP contribution in [0.15, 0.2) is 84.9 Å². The number of ether oxygens (including phenoxy) is 1. The number of anilines is 1. The molecule has 5 atom stereocenters. The van der Waals surface area contributed by atoms with Crippen LogP contribution in [0, 0.1) is 30.4 Å². The van der Waals surface area contributed by atoms with Gasteiger partial charge in [0.2, 0.25) is 17.7 Å². The minimum absolute atomic E-state index is 0.0330. The van der Waals surface area contributed by atoms with Crippen LogP contribution in [0.2, 0.25) is 0 Å². The van der Waals surface area contributed by atoms with E-state index >= 15 is 0 Å². The van der Waals surface area contributed by atoms with Gasteiger partial charge in [0, 0.05) is 17.8 Å². The SMILES string of the molecule is Cc1ccc(NC(=O)[C@@H]2[C@H]3C=C[C@@]4(CNC(=O)[C@@H](c5ccc(F)cc5)N(Cc5ccccc5F)C(=O)[C@@H]24)O3)cc1. The number of halogens is 2. The lowest BCUT2D eigenvalue weighted by atomic mass is 9.73. The largest absolute Gasteiger partial charge is 0.360 e. The summed E-state index contributed by atoms with van der Waals surface area (Å²) in [6.07, 6.45) is 2.79. The van der Waals surface area contributed by atoms with Crippen molar-refractivity contribution in [2.75, 3.05) is 11.9 Å². The van der Waals surface area contributed by atoms with E-state index in [9.17, 15) is 23.2 Å². The minimum atomic E-state index is -1.24. The molecule has 1 spiro atoms. The Labute approximate surface area is 229 Å². The van der Waals surface area contributed by atoms with E-state index in [2.05, 4.69) is 10.6 Å². The van der Waals surface area contributed by atoms with Crippen LogP contribution in [-0.4, -0.2) is 40.9 Å². The second-order valence-electron chi connectivity index (χ2n) is 10.5. The maximum absolute atomic E-state index is 14.8. The van der Waals surface area contributed by atoms with Crippen molar-refractivity contribution in [2.24, 2.45) is 11.8 Å². The van der Waals surface area contributed by atoms with Crippen molar-refractivity contribution in [3.05, 3.63) is 113 Å². The standard InChI is InChI=1S/C31H27F2N3O4/c1-18-6-12-22(13-7-18)35-28(37)25-24-14-15-31(40-24)17-34-29(38)27(19-8-10-21(32)11-9-19)36(30(39)26(25)31)16-20-4-2-3-5-23(20)33/h2-15,24-27H,16-17H2,1H3,(H,34,38)(H,35,37)/t24-,25-,26-,27-,31+/m1/s1. The highest BCUT2D eigenvalue weighted by Crippen LogP contribution is 2.49. The smallest absolute Gasteiger partial charge is 0.247 e. The number of carbonyl (C=O) groups is 3. The van der Waals surface area contributed by atoms with Crippen LogP contribution in [0.5, 0.6) is 0 Å². The zero-order valence-corrected chi connectivity index (χ0v) is 21.6. The van der Waals surface area contributed by atoms with Gasteiger partial charge in [-0.3, -0.25) is 14.4 Å². The Bertz CT molecular complexity index is 1510. The number of nitrogens with zero attached hydrogens (tertiary/aromatic N) is 1. The summed E-state index contributed by atoms with van der Waals surface area (Å²) < 4.78 is 34.9. The third-order valence-corrected chi connectivity index (χ3v) is 7.92. The molecule has 3 aromatic rings. The molecule has 7 nitrogen and oxygen atoms in total. The maximum Gasteiger partial charge on any atom is 0.247 e. The zero-order valence-electron chi connectivity index (χ0n) is 21.6. The summed E-state index contributed by atoms with van der Waals surface area (Å²) in [5.41, 5.74) is 0.930. The Morgan fingerprint density at radius 3 is 2.50 bits per heavy atom. The van der Waals surface area contributed by atoms with E-state index in [4.69, 9.17) is 4.74 Å². The van der Waals surface area contributed by atoms with Crippen LogP contribution in [-0.2, 0) is 25.7 Å². The molecule has 0 aromatic heterocycles. The first kappa shape index (κ1) is 25.9. The third kappa shape index (κ3) is 4.46. The van der Waals surface area contributed by atoms with E-state index in [1.807, 2.05) is 19.1 Å². The predicted octanol–water partition coefficient (Wildman–Crippen LogP) is 4.05. The number of rotatable bonds is 5. The average molecular weight is 544 g/mol. The summed E-state index contributed by atoms with van der Waals surface area (Å²) in [5, 5.41) is 5.78. The van der Waals surface area contributed by atoms with E-state index in [0.717, 1.165) is 5.56 Å². The first-order chi connectivity index (χ1) is 19.3. The normalized spacial score (nSPS) is 27.1. The molecule has 204 valence electrons. The highest BCUT2D eigenvalue weighted by molar-refractivity contribution is 6.00.